The van der Waals surface area contributed by atoms with Crippen molar-refractivity contribution in [3.05, 3.63) is 59.7 Å². The lowest BCUT2D eigenvalue weighted by atomic mass is 10.0. The second kappa shape index (κ2) is 8.04. The maximum atomic E-state index is 10.5. The molecular weight excluding hydrogens is 368 g/mol. The first-order valence-electron chi connectivity index (χ1n) is 8.99. The van der Waals surface area contributed by atoms with Crippen molar-refractivity contribution >= 4 is 0 Å². The third-order valence-corrected chi connectivity index (χ3v) is 4.86. The van der Waals surface area contributed by atoms with E-state index in [0.29, 0.717) is 11.1 Å². The highest BCUT2D eigenvalue weighted by atomic mass is 16.7. The second-order valence-electron chi connectivity index (χ2n) is 6.84. The van der Waals surface area contributed by atoms with Gasteiger partial charge < -0.3 is 39.4 Å². The summed E-state index contributed by atoms with van der Waals surface area (Å²) in [5, 5.41) is 40.0. The topological polar surface area (TPSA) is 118 Å². The van der Waals surface area contributed by atoms with Crippen LogP contribution >= 0.6 is 0 Å². The third-order valence-electron chi connectivity index (χ3n) is 4.86. The number of aromatic hydroxyl groups is 2. The van der Waals surface area contributed by atoms with Gasteiger partial charge in [-0.1, -0.05) is 24.3 Å². The fraction of sp³-hybridized carbons (Fsp3) is 0.400. The fourth-order valence-electron chi connectivity index (χ4n) is 3.25. The Bertz CT molecular complexity index is 710. The van der Waals surface area contributed by atoms with E-state index in [4.69, 9.17) is 18.9 Å². The predicted octanol–water partition coefficient (Wildman–Crippen LogP) is 1.35. The molecule has 6 atom stereocenters. The van der Waals surface area contributed by atoms with E-state index in [1.54, 1.807) is 24.3 Å². The number of benzene rings is 2. The molecule has 2 bridgehead atoms. The Hall–Kier alpha value is -2.20. The lowest BCUT2D eigenvalue weighted by Gasteiger charge is -2.41. The molecule has 4 N–H and O–H groups in total. The summed E-state index contributed by atoms with van der Waals surface area (Å²) >= 11 is 0. The maximum Gasteiger partial charge on any atom is 0.184 e. The Balaban J connectivity index is 1.57. The number of aliphatic hydroxyl groups is 2. The molecule has 2 aliphatic heterocycles. The number of ether oxygens (including phenoxy) is 4. The number of aliphatic hydroxyl groups excluding tert-OH is 2. The van der Waals surface area contributed by atoms with Gasteiger partial charge in [-0.05, 0) is 24.3 Å². The van der Waals surface area contributed by atoms with Crippen molar-refractivity contribution in [2.24, 2.45) is 0 Å². The molecule has 0 radical (unpaired) electrons. The summed E-state index contributed by atoms with van der Waals surface area (Å²) in [4.78, 5) is 0. The van der Waals surface area contributed by atoms with Crippen LogP contribution in [0.3, 0.4) is 0 Å². The van der Waals surface area contributed by atoms with Crippen molar-refractivity contribution in [2.45, 2.75) is 37.0 Å². The zero-order chi connectivity index (χ0) is 19.7. The van der Waals surface area contributed by atoms with Crippen molar-refractivity contribution in [3.8, 4) is 11.5 Å². The van der Waals surface area contributed by atoms with Crippen molar-refractivity contribution in [1.82, 2.24) is 0 Å². The molecular formula is C20H22O8. The van der Waals surface area contributed by atoms with Gasteiger partial charge in [-0.3, -0.25) is 0 Å². The molecule has 0 amide bonds. The lowest BCUT2D eigenvalue weighted by Crippen LogP contribution is -2.54. The van der Waals surface area contributed by atoms with Gasteiger partial charge in [0.1, 0.15) is 35.9 Å². The van der Waals surface area contributed by atoms with Crippen LogP contribution in [0.2, 0.25) is 0 Å². The first kappa shape index (κ1) is 19.1. The van der Waals surface area contributed by atoms with E-state index in [9.17, 15) is 20.4 Å². The highest BCUT2D eigenvalue weighted by Gasteiger charge is 2.42. The van der Waals surface area contributed by atoms with Crippen LogP contribution in [0.15, 0.2) is 48.5 Å². The van der Waals surface area contributed by atoms with E-state index in [0.717, 1.165) is 0 Å². The van der Waals surface area contributed by atoms with Gasteiger partial charge in [0.2, 0.25) is 0 Å². The van der Waals surface area contributed by atoms with Crippen LogP contribution < -0.4 is 0 Å². The molecule has 150 valence electrons. The van der Waals surface area contributed by atoms with Crippen molar-refractivity contribution in [3.63, 3.8) is 0 Å². The van der Waals surface area contributed by atoms with Crippen LogP contribution in [0, 0.1) is 0 Å². The summed E-state index contributed by atoms with van der Waals surface area (Å²) < 4.78 is 23.4. The van der Waals surface area contributed by atoms with Gasteiger partial charge in [-0.2, -0.15) is 0 Å². The molecule has 28 heavy (non-hydrogen) atoms. The molecule has 0 spiro atoms. The minimum Gasteiger partial charge on any atom is -0.508 e. The molecule has 2 aromatic rings. The number of fused-ring (bicyclic) bond motifs is 3. The van der Waals surface area contributed by atoms with Gasteiger partial charge in [-0.25, -0.2) is 0 Å². The molecule has 2 heterocycles. The van der Waals surface area contributed by atoms with Crippen molar-refractivity contribution < 1.29 is 39.4 Å². The molecule has 8 nitrogen and oxygen atoms in total. The molecule has 0 aliphatic carbocycles. The van der Waals surface area contributed by atoms with E-state index in [1.807, 2.05) is 0 Å². The Morgan fingerprint density at radius 3 is 1.32 bits per heavy atom. The van der Waals surface area contributed by atoms with Crippen molar-refractivity contribution in [1.29, 1.82) is 0 Å². The number of hydrogen-bond donors (Lipinski definition) is 4. The Morgan fingerprint density at radius 2 is 0.964 bits per heavy atom. The highest BCUT2D eigenvalue weighted by molar-refractivity contribution is 5.27. The molecule has 2 unspecified atom stereocenters. The molecule has 0 saturated carbocycles. The average molecular weight is 390 g/mol. The molecule has 8 heteroatoms. The van der Waals surface area contributed by atoms with E-state index >= 15 is 0 Å². The number of phenolic OH excluding ortho intramolecular Hbond substituents is 2. The molecule has 4 rings (SSSR count). The average Bonchev–Trinajstić information content (AvgIpc) is 2.70. The van der Waals surface area contributed by atoms with Gasteiger partial charge >= 0.3 is 0 Å². The summed E-state index contributed by atoms with van der Waals surface area (Å²) in [6.45, 7) is -0.0944. The Labute approximate surface area is 161 Å². The predicted molar refractivity (Wildman–Crippen MR) is 95.4 cm³/mol. The first-order valence-corrected chi connectivity index (χ1v) is 8.99. The molecule has 2 aromatic carbocycles. The van der Waals surface area contributed by atoms with Gasteiger partial charge in [0.25, 0.3) is 0 Å². The molecule has 2 fully saturated rings. The Kier molecular flexibility index (Phi) is 5.49. The monoisotopic (exact) mass is 390 g/mol. The largest absolute Gasteiger partial charge is 0.508 e. The fourth-order valence-corrected chi connectivity index (χ4v) is 3.25. The standard InChI is InChI=1S/C20H22O8/c21-13-5-1-11(2-6-13)19-25-9-16-18(24)17(23)15(27-19)10-26-20(28-16)12-3-7-14(22)8-4-12/h1-8,15-24H,9-10H2/t15-,16+,17-,18-,19?,20?/m1/s1. The maximum absolute atomic E-state index is 10.5. The molecule has 2 aliphatic rings. The summed E-state index contributed by atoms with van der Waals surface area (Å²) in [6, 6.07) is 12.7. The number of phenols is 2. The third kappa shape index (κ3) is 3.97. The van der Waals surface area contributed by atoms with Gasteiger partial charge in [0, 0.05) is 11.1 Å². The second-order valence-corrected chi connectivity index (χ2v) is 6.84. The number of rotatable bonds is 2. The zero-order valence-electron chi connectivity index (χ0n) is 14.9. The molecule has 0 aromatic heterocycles. The normalized spacial score (nSPS) is 33.5. The summed E-state index contributed by atoms with van der Waals surface area (Å²) in [5.41, 5.74) is 1.31. The van der Waals surface area contributed by atoms with Crippen molar-refractivity contribution in [2.75, 3.05) is 13.2 Å². The first-order chi connectivity index (χ1) is 13.5. The van der Waals surface area contributed by atoms with Crippen LogP contribution in [0.5, 0.6) is 11.5 Å². The van der Waals surface area contributed by atoms with E-state index in [2.05, 4.69) is 0 Å². The SMILES string of the molecule is Oc1ccc(C2OC[C@H]3OC(c4ccc(O)cc4)OC[C@H](O2)[C@@H](O)[C@@H]3O)cc1. The van der Waals surface area contributed by atoms with E-state index in [-0.39, 0.29) is 24.7 Å². The van der Waals surface area contributed by atoms with Gasteiger partial charge in [0.05, 0.1) is 13.2 Å². The minimum atomic E-state index is -1.23. The quantitative estimate of drug-likeness (QED) is 0.607. The van der Waals surface area contributed by atoms with Crippen LogP contribution in [0.1, 0.15) is 23.7 Å². The zero-order valence-corrected chi connectivity index (χ0v) is 14.9. The van der Waals surface area contributed by atoms with Gasteiger partial charge in [0.15, 0.2) is 12.6 Å². The summed E-state index contributed by atoms with van der Waals surface area (Å²) in [5.74, 6) is 0.230. The van der Waals surface area contributed by atoms with Crippen LogP contribution in [0.25, 0.3) is 0 Å². The van der Waals surface area contributed by atoms with Crippen LogP contribution in [-0.2, 0) is 18.9 Å². The lowest BCUT2D eigenvalue weighted by molar-refractivity contribution is -0.317. The van der Waals surface area contributed by atoms with Crippen LogP contribution in [0.4, 0.5) is 0 Å². The highest BCUT2D eigenvalue weighted by Crippen LogP contribution is 2.33. The van der Waals surface area contributed by atoms with E-state index < -0.39 is 37.0 Å². The Morgan fingerprint density at radius 1 is 0.607 bits per heavy atom. The van der Waals surface area contributed by atoms with Gasteiger partial charge in [-0.15, -0.1) is 0 Å². The summed E-state index contributed by atoms with van der Waals surface area (Å²) in [7, 11) is 0. The smallest absolute Gasteiger partial charge is 0.184 e. The summed E-state index contributed by atoms with van der Waals surface area (Å²) in [6.07, 6.45) is -5.80. The van der Waals surface area contributed by atoms with Crippen LogP contribution in [-0.4, -0.2) is 58.1 Å². The van der Waals surface area contributed by atoms with E-state index in [1.165, 1.54) is 24.3 Å². The molecule has 2 saturated heterocycles. The number of hydrogen-bond acceptors (Lipinski definition) is 8. The minimum absolute atomic E-state index is 0.0472.